The maximum absolute atomic E-state index is 6.96. The summed E-state index contributed by atoms with van der Waals surface area (Å²) in [5.74, 6) is 0.550. The highest BCUT2D eigenvalue weighted by molar-refractivity contribution is 5.21. The van der Waals surface area contributed by atoms with Gasteiger partial charge < -0.3 is 10.5 Å². The lowest BCUT2D eigenvalue weighted by Gasteiger charge is -2.67. The van der Waals surface area contributed by atoms with E-state index in [1.165, 1.54) is 38.6 Å². The Hall–Kier alpha value is -0.120. The SMILES string of the molecule is CCCCCN(CC1(N)C2CCCOC2C1(C)C)C(C)C. The van der Waals surface area contributed by atoms with Crippen LogP contribution in [0.2, 0.25) is 0 Å². The van der Waals surface area contributed by atoms with Crippen LogP contribution in [0.1, 0.15) is 66.7 Å². The summed E-state index contributed by atoms with van der Waals surface area (Å²) in [7, 11) is 0. The first-order valence-electron chi connectivity index (χ1n) is 8.99. The number of ether oxygens (including phenoxy) is 1. The normalized spacial score (nSPS) is 34.9. The van der Waals surface area contributed by atoms with E-state index in [1.807, 2.05) is 0 Å². The summed E-state index contributed by atoms with van der Waals surface area (Å²) in [5, 5.41) is 0. The number of nitrogens with zero attached hydrogens (tertiary/aromatic N) is 1. The van der Waals surface area contributed by atoms with Crippen LogP contribution in [0.25, 0.3) is 0 Å². The second-order valence-corrected chi connectivity index (χ2v) is 8.07. The van der Waals surface area contributed by atoms with Crippen LogP contribution in [0.15, 0.2) is 0 Å². The molecule has 124 valence electrons. The maximum atomic E-state index is 6.96. The van der Waals surface area contributed by atoms with Gasteiger partial charge in [0.15, 0.2) is 0 Å². The van der Waals surface area contributed by atoms with Crippen molar-refractivity contribution in [2.24, 2.45) is 17.1 Å². The summed E-state index contributed by atoms with van der Waals surface area (Å²) in [6, 6.07) is 0.571. The first kappa shape index (κ1) is 17.2. The summed E-state index contributed by atoms with van der Waals surface area (Å²) in [4.78, 5) is 2.60. The van der Waals surface area contributed by atoms with Gasteiger partial charge in [0, 0.05) is 36.1 Å². The van der Waals surface area contributed by atoms with Gasteiger partial charge in [-0.3, -0.25) is 4.90 Å². The van der Waals surface area contributed by atoms with Gasteiger partial charge >= 0.3 is 0 Å². The zero-order valence-electron chi connectivity index (χ0n) is 14.8. The summed E-state index contributed by atoms with van der Waals surface area (Å²) >= 11 is 0. The standard InChI is InChI=1S/C18H36N2O/c1-6-7-8-11-20(14(2)3)13-18(19)15-10-9-12-21-16(15)17(18,4)5/h14-16H,6-13,19H2,1-5H3. The van der Waals surface area contributed by atoms with Crippen molar-refractivity contribution in [2.75, 3.05) is 19.7 Å². The van der Waals surface area contributed by atoms with Crippen molar-refractivity contribution in [3.8, 4) is 0 Å². The molecule has 0 amide bonds. The van der Waals surface area contributed by atoms with Crippen molar-refractivity contribution in [3.05, 3.63) is 0 Å². The molecule has 1 aliphatic carbocycles. The number of hydrogen-bond acceptors (Lipinski definition) is 3. The summed E-state index contributed by atoms with van der Waals surface area (Å²) in [6.07, 6.45) is 6.68. The molecular weight excluding hydrogens is 260 g/mol. The van der Waals surface area contributed by atoms with E-state index in [1.54, 1.807) is 0 Å². The molecule has 0 aromatic heterocycles. The zero-order valence-corrected chi connectivity index (χ0v) is 14.8. The summed E-state index contributed by atoms with van der Waals surface area (Å²) in [6.45, 7) is 14.6. The third-order valence-electron chi connectivity index (χ3n) is 6.14. The lowest BCUT2D eigenvalue weighted by Crippen LogP contribution is -2.80. The van der Waals surface area contributed by atoms with Gasteiger partial charge in [0.25, 0.3) is 0 Å². The van der Waals surface area contributed by atoms with Crippen LogP contribution in [0.5, 0.6) is 0 Å². The van der Waals surface area contributed by atoms with E-state index in [4.69, 9.17) is 10.5 Å². The molecule has 1 saturated heterocycles. The largest absolute Gasteiger partial charge is 0.377 e. The molecule has 1 heterocycles. The number of hydrogen-bond donors (Lipinski definition) is 1. The predicted molar refractivity (Wildman–Crippen MR) is 89.4 cm³/mol. The van der Waals surface area contributed by atoms with E-state index in [0.29, 0.717) is 18.1 Å². The smallest absolute Gasteiger partial charge is 0.0690 e. The topological polar surface area (TPSA) is 38.5 Å². The Labute approximate surface area is 131 Å². The van der Waals surface area contributed by atoms with Gasteiger partial charge in [-0.2, -0.15) is 0 Å². The maximum Gasteiger partial charge on any atom is 0.0690 e. The van der Waals surface area contributed by atoms with Crippen LogP contribution in [0.3, 0.4) is 0 Å². The molecule has 3 unspecified atom stereocenters. The highest BCUT2D eigenvalue weighted by Crippen LogP contribution is 2.57. The fourth-order valence-corrected chi connectivity index (χ4v) is 4.41. The molecular formula is C18H36N2O. The Balaban J connectivity index is 2.03. The second kappa shape index (κ2) is 6.55. The van der Waals surface area contributed by atoms with Gasteiger partial charge in [-0.05, 0) is 39.7 Å². The quantitative estimate of drug-likeness (QED) is 0.732. The fraction of sp³-hybridized carbons (Fsp3) is 1.00. The Kier molecular flexibility index (Phi) is 5.38. The summed E-state index contributed by atoms with van der Waals surface area (Å²) < 4.78 is 6.03. The van der Waals surface area contributed by atoms with Crippen molar-refractivity contribution < 1.29 is 4.74 Å². The molecule has 0 aromatic rings. The molecule has 1 saturated carbocycles. The molecule has 0 bridgehead atoms. The van der Waals surface area contributed by atoms with Gasteiger partial charge in [-0.15, -0.1) is 0 Å². The molecule has 21 heavy (non-hydrogen) atoms. The molecule has 2 fully saturated rings. The molecule has 2 aliphatic rings. The fourth-order valence-electron chi connectivity index (χ4n) is 4.41. The van der Waals surface area contributed by atoms with Crippen molar-refractivity contribution in [1.29, 1.82) is 0 Å². The number of unbranched alkanes of at least 4 members (excludes halogenated alkanes) is 2. The molecule has 3 atom stereocenters. The van der Waals surface area contributed by atoms with Crippen LogP contribution in [-0.2, 0) is 4.74 Å². The van der Waals surface area contributed by atoms with Crippen LogP contribution >= 0.6 is 0 Å². The van der Waals surface area contributed by atoms with Crippen LogP contribution in [-0.4, -0.2) is 42.3 Å². The highest BCUT2D eigenvalue weighted by atomic mass is 16.5. The van der Waals surface area contributed by atoms with Crippen molar-refractivity contribution >= 4 is 0 Å². The van der Waals surface area contributed by atoms with Crippen LogP contribution < -0.4 is 5.73 Å². The van der Waals surface area contributed by atoms with Gasteiger partial charge in [0.1, 0.15) is 0 Å². The van der Waals surface area contributed by atoms with Crippen molar-refractivity contribution in [2.45, 2.75) is 84.4 Å². The lowest BCUT2D eigenvalue weighted by molar-refractivity contribution is -0.233. The molecule has 2 N–H and O–H groups in total. The Morgan fingerprint density at radius 3 is 2.62 bits per heavy atom. The molecule has 0 radical (unpaired) electrons. The summed E-state index contributed by atoms with van der Waals surface area (Å²) in [5.41, 5.74) is 6.96. The molecule has 0 aromatic carbocycles. The van der Waals surface area contributed by atoms with Gasteiger partial charge in [-0.25, -0.2) is 0 Å². The van der Waals surface area contributed by atoms with E-state index < -0.39 is 0 Å². The Bertz CT molecular complexity index is 342. The van der Waals surface area contributed by atoms with Gasteiger partial charge in [-0.1, -0.05) is 33.6 Å². The molecule has 3 heteroatoms. The average molecular weight is 296 g/mol. The number of rotatable bonds is 7. The Morgan fingerprint density at radius 2 is 2.00 bits per heavy atom. The minimum atomic E-state index is -0.0887. The Morgan fingerprint density at radius 1 is 1.29 bits per heavy atom. The van der Waals surface area contributed by atoms with Crippen LogP contribution in [0.4, 0.5) is 0 Å². The monoisotopic (exact) mass is 296 g/mol. The molecule has 0 spiro atoms. The van der Waals surface area contributed by atoms with Gasteiger partial charge in [0.2, 0.25) is 0 Å². The highest BCUT2D eigenvalue weighted by Gasteiger charge is 2.66. The first-order chi connectivity index (χ1) is 9.84. The van der Waals surface area contributed by atoms with Crippen LogP contribution in [0, 0.1) is 11.3 Å². The van der Waals surface area contributed by atoms with E-state index >= 15 is 0 Å². The van der Waals surface area contributed by atoms with E-state index in [2.05, 4.69) is 39.5 Å². The van der Waals surface area contributed by atoms with E-state index in [0.717, 1.165) is 13.2 Å². The third kappa shape index (κ3) is 3.02. The van der Waals surface area contributed by atoms with Crippen molar-refractivity contribution in [1.82, 2.24) is 4.90 Å². The lowest BCUT2D eigenvalue weighted by atomic mass is 9.46. The van der Waals surface area contributed by atoms with E-state index in [9.17, 15) is 0 Å². The third-order valence-corrected chi connectivity index (χ3v) is 6.14. The second-order valence-electron chi connectivity index (χ2n) is 8.07. The molecule has 1 aliphatic heterocycles. The van der Waals surface area contributed by atoms with E-state index in [-0.39, 0.29) is 11.0 Å². The predicted octanol–water partition coefficient (Wildman–Crippen LogP) is 3.42. The van der Waals surface area contributed by atoms with Crippen molar-refractivity contribution in [3.63, 3.8) is 0 Å². The minimum Gasteiger partial charge on any atom is -0.377 e. The van der Waals surface area contributed by atoms with Gasteiger partial charge in [0.05, 0.1) is 6.10 Å². The minimum absolute atomic E-state index is 0.0887. The number of nitrogens with two attached hydrogens (primary N) is 1. The molecule has 2 rings (SSSR count). The molecule has 3 nitrogen and oxygen atoms in total. The average Bonchev–Trinajstić information content (AvgIpc) is 2.46. The number of fused-ring (bicyclic) bond motifs is 1. The first-order valence-corrected chi connectivity index (χ1v) is 8.99. The zero-order chi connectivity index (χ0) is 15.7.